The smallest absolute Gasteiger partial charge is 0.387 e. The van der Waals surface area contributed by atoms with Gasteiger partial charge in [-0.15, -0.1) is 0 Å². The van der Waals surface area contributed by atoms with E-state index >= 15 is 0 Å². The maximum Gasteiger partial charge on any atom is 0.472 e. The Labute approximate surface area is 405 Å². The fourth-order valence-electron chi connectivity index (χ4n) is 6.36. The SMILES string of the molecule is CC/C=C\C/C=C\C/C=C\C/C=C\C/C=C\C/C=C\C/C=C\C/C=C\C/C=C\C/C=C\CCCCC(=O)NC(COP(=O)(O)OCC[N+](C)(C)C)C(O)/C=C/CCCCCCCCCCC. The lowest BCUT2D eigenvalue weighted by Gasteiger charge is -2.25. The molecule has 0 aliphatic heterocycles. The summed E-state index contributed by atoms with van der Waals surface area (Å²) in [6.45, 7) is 4.62. The van der Waals surface area contributed by atoms with Crippen LogP contribution in [0.25, 0.3) is 0 Å². The predicted octanol–water partition coefficient (Wildman–Crippen LogP) is 15.2. The summed E-state index contributed by atoms with van der Waals surface area (Å²) >= 11 is 0. The quantitative estimate of drug-likeness (QED) is 0.0243. The summed E-state index contributed by atoms with van der Waals surface area (Å²) in [6, 6.07) is -0.878. The van der Waals surface area contributed by atoms with E-state index in [-0.39, 0.29) is 19.1 Å². The molecule has 3 atom stereocenters. The van der Waals surface area contributed by atoms with Crippen LogP contribution in [0.5, 0.6) is 0 Å². The second-order valence-corrected chi connectivity index (χ2v) is 19.3. The Morgan fingerprint density at radius 2 is 0.909 bits per heavy atom. The van der Waals surface area contributed by atoms with Gasteiger partial charge >= 0.3 is 7.82 Å². The first-order valence-electron chi connectivity index (χ1n) is 25.6. The first kappa shape index (κ1) is 62.6. The van der Waals surface area contributed by atoms with E-state index in [2.05, 4.69) is 141 Å². The van der Waals surface area contributed by atoms with Gasteiger partial charge < -0.3 is 19.8 Å². The van der Waals surface area contributed by atoms with E-state index in [9.17, 15) is 19.4 Å². The summed E-state index contributed by atoms with van der Waals surface area (Å²) in [6.07, 6.45) is 71.2. The molecule has 0 spiro atoms. The number of likely N-dealkylation sites (N-methyl/N-ethyl adjacent to an activating group) is 1. The van der Waals surface area contributed by atoms with Gasteiger partial charge in [-0.1, -0.05) is 199 Å². The molecule has 0 aromatic carbocycles. The Morgan fingerprint density at radius 3 is 1.33 bits per heavy atom. The lowest BCUT2D eigenvalue weighted by Crippen LogP contribution is -2.45. The average molecular weight is 936 g/mol. The minimum absolute atomic E-state index is 0.0450. The van der Waals surface area contributed by atoms with Crippen molar-refractivity contribution in [3.8, 4) is 0 Å². The monoisotopic (exact) mass is 936 g/mol. The van der Waals surface area contributed by atoms with Gasteiger partial charge in [0, 0.05) is 6.42 Å². The summed E-state index contributed by atoms with van der Waals surface area (Å²) in [5, 5.41) is 13.8. The van der Waals surface area contributed by atoms with Crippen molar-refractivity contribution in [2.75, 3.05) is 40.9 Å². The van der Waals surface area contributed by atoms with Gasteiger partial charge in [0.15, 0.2) is 0 Å². The second-order valence-electron chi connectivity index (χ2n) is 17.8. The fraction of sp³-hybridized carbons (Fsp3) is 0.596. The summed E-state index contributed by atoms with van der Waals surface area (Å²) in [7, 11) is 1.52. The number of carbonyl (C=O) groups is 1. The Morgan fingerprint density at radius 1 is 0.530 bits per heavy atom. The van der Waals surface area contributed by atoms with E-state index < -0.39 is 20.0 Å². The van der Waals surface area contributed by atoms with Crippen molar-refractivity contribution >= 4 is 13.7 Å². The number of hydrogen-bond acceptors (Lipinski definition) is 5. The molecule has 9 heteroatoms. The zero-order valence-corrected chi connectivity index (χ0v) is 43.3. The van der Waals surface area contributed by atoms with E-state index in [0.29, 0.717) is 23.9 Å². The molecule has 66 heavy (non-hydrogen) atoms. The molecule has 0 heterocycles. The zero-order chi connectivity index (χ0) is 48.5. The van der Waals surface area contributed by atoms with Gasteiger partial charge in [-0.05, 0) is 96.3 Å². The van der Waals surface area contributed by atoms with E-state index in [0.717, 1.165) is 96.3 Å². The van der Waals surface area contributed by atoms with Crippen molar-refractivity contribution < 1.29 is 32.9 Å². The molecule has 374 valence electrons. The molecule has 0 aliphatic carbocycles. The van der Waals surface area contributed by atoms with Crippen molar-refractivity contribution in [3.05, 3.63) is 134 Å². The van der Waals surface area contributed by atoms with Crippen LogP contribution in [0, 0.1) is 0 Å². The Kier molecular flexibility index (Phi) is 44.4. The molecule has 8 nitrogen and oxygen atoms in total. The van der Waals surface area contributed by atoms with Crippen LogP contribution in [0.2, 0.25) is 0 Å². The lowest BCUT2D eigenvalue weighted by atomic mass is 10.1. The number of nitrogens with zero attached hydrogens (tertiary/aromatic N) is 1. The number of quaternary nitrogens is 1. The van der Waals surface area contributed by atoms with Crippen LogP contribution < -0.4 is 5.32 Å². The average Bonchev–Trinajstić information content (AvgIpc) is 3.28. The molecule has 0 saturated heterocycles. The summed E-state index contributed by atoms with van der Waals surface area (Å²) in [5.41, 5.74) is 0. The number of rotatable bonds is 44. The molecule has 0 aromatic heterocycles. The van der Waals surface area contributed by atoms with E-state index in [1.165, 1.54) is 44.9 Å². The summed E-state index contributed by atoms with van der Waals surface area (Å²) < 4.78 is 23.5. The molecule has 0 bridgehead atoms. The number of carbonyl (C=O) groups excluding carboxylic acids is 1. The molecular weight excluding hydrogens is 840 g/mol. The molecular formula is C57H96N2O6P+. The first-order chi connectivity index (χ1) is 32.0. The maximum atomic E-state index is 12.9. The van der Waals surface area contributed by atoms with Gasteiger partial charge in [-0.3, -0.25) is 13.8 Å². The number of nitrogens with one attached hydrogen (secondary N) is 1. The van der Waals surface area contributed by atoms with Gasteiger partial charge in [0.25, 0.3) is 0 Å². The molecule has 0 fully saturated rings. The van der Waals surface area contributed by atoms with Crippen LogP contribution in [0.15, 0.2) is 134 Å². The molecule has 1 amide bonds. The molecule has 0 aliphatic rings. The maximum absolute atomic E-state index is 12.9. The normalized spacial score (nSPS) is 15.2. The number of aliphatic hydroxyl groups excluding tert-OH is 1. The van der Waals surface area contributed by atoms with Crippen LogP contribution in [-0.4, -0.2) is 73.4 Å². The van der Waals surface area contributed by atoms with Crippen LogP contribution in [-0.2, 0) is 18.4 Å². The van der Waals surface area contributed by atoms with Crippen LogP contribution >= 0.6 is 7.82 Å². The third kappa shape index (κ3) is 48.6. The standard InChI is InChI=1S/C57H95N2O6P/c1-6-8-10-12-14-16-18-19-20-21-22-23-24-25-26-27-28-29-30-31-32-33-34-35-36-37-38-39-41-43-45-47-49-51-57(61)58-55(54-65-66(62,63)64-53-52-59(3,4)5)56(60)50-48-46-44-42-40-17-15-13-11-9-7-2/h8,10,14,16,19-20,22-23,25-26,28-29,31-32,34-35,37-38,41,43,48,50,55-56,60H,6-7,9,11-13,15,17-18,21,24,27,30,33,36,39-40,42,44-47,49,51-54H2,1-5H3,(H-,58,61,62,63)/p+1/b10-8-,16-14-,20-19-,23-22-,26-25-,29-28-,32-31-,35-34-,38-37-,43-41-,50-48+. The summed E-state index contributed by atoms with van der Waals surface area (Å²) in [4.78, 5) is 23.1. The Bertz CT molecular complexity index is 1530. The van der Waals surface area contributed by atoms with Crippen LogP contribution in [0.4, 0.5) is 0 Å². The molecule has 0 saturated carbocycles. The number of unbranched alkanes of at least 4 members (excludes halogenated alkanes) is 11. The minimum atomic E-state index is -4.36. The molecule has 3 N–H and O–H groups in total. The van der Waals surface area contributed by atoms with Gasteiger partial charge in [0.1, 0.15) is 13.2 Å². The first-order valence-corrected chi connectivity index (χ1v) is 27.1. The number of hydrogen-bond donors (Lipinski definition) is 3. The predicted molar refractivity (Wildman–Crippen MR) is 285 cm³/mol. The van der Waals surface area contributed by atoms with Crippen LogP contribution in [0.3, 0.4) is 0 Å². The zero-order valence-electron chi connectivity index (χ0n) is 42.4. The number of aliphatic hydroxyl groups is 1. The highest BCUT2D eigenvalue weighted by molar-refractivity contribution is 7.47. The highest BCUT2D eigenvalue weighted by Crippen LogP contribution is 2.43. The van der Waals surface area contributed by atoms with Crippen molar-refractivity contribution in [2.24, 2.45) is 0 Å². The van der Waals surface area contributed by atoms with Gasteiger partial charge in [-0.2, -0.15) is 0 Å². The number of phosphoric ester groups is 1. The Hall–Kier alpha value is -3.36. The van der Waals surface area contributed by atoms with E-state index in [1.807, 2.05) is 27.2 Å². The third-order valence-corrected chi connectivity index (χ3v) is 11.4. The number of phosphoric acid groups is 1. The highest BCUT2D eigenvalue weighted by Gasteiger charge is 2.27. The molecule has 0 radical (unpaired) electrons. The van der Waals surface area contributed by atoms with Crippen molar-refractivity contribution in [1.29, 1.82) is 0 Å². The number of allylic oxidation sites excluding steroid dienone is 21. The highest BCUT2D eigenvalue weighted by atomic mass is 31.2. The molecule has 0 aromatic rings. The van der Waals surface area contributed by atoms with Crippen LogP contribution in [0.1, 0.15) is 168 Å². The van der Waals surface area contributed by atoms with E-state index in [4.69, 9.17) is 9.05 Å². The van der Waals surface area contributed by atoms with Crippen molar-refractivity contribution in [3.63, 3.8) is 0 Å². The fourth-order valence-corrected chi connectivity index (χ4v) is 7.10. The van der Waals surface area contributed by atoms with Gasteiger partial charge in [0.05, 0.1) is 39.9 Å². The largest absolute Gasteiger partial charge is 0.472 e. The van der Waals surface area contributed by atoms with Crippen molar-refractivity contribution in [2.45, 2.75) is 180 Å². The second kappa shape index (κ2) is 46.7. The van der Waals surface area contributed by atoms with Gasteiger partial charge in [-0.25, -0.2) is 4.57 Å². The number of amides is 1. The third-order valence-electron chi connectivity index (χ3n) is 10.4. The lowest BCUT2D eigenvalue weighted by molar-refractivity contribution is -0.870. The van der Waals surface area contributed by atoms with E-state index in [1.54, 1.807) is 6.08 Å². The van der Waals surface area contributed by atoms with Crippen molar-refractivity contribution in [1.82, 2.24) is 5.32 Å². The minimum Gasteiger partial charge on any atom is -0.387 e. The topological polar surface area (TPSA) is 105 Å². The molecule has 3 unspecified atom stereocenters. The van der Waals surface area contributed by atoms with Gasteiger partial charge in [0.2, 0.25) is 5.91 Å². The Balaban J connectivity index is 4.32. The molecule has 0 rings (SSSR count). The summed E-state index contributed by atoms with van der Waals surface area (Å²) in [5.74, 6) is -0.228.